The summed E-state index contributed by atoms with van der Waals surface area (Å²) in [5, 5.41) is 3.30. The van der Waals surface area contributed by atoms with Crippen LogP contribution in [0, 0.1) is 0 Å². The molecule has 5 heteroatoms. The van der Waals surface area contributed by atoms with E-state index in [1.54, 1.807) is 11.2 Å². The van der Waals surface area contributed by atoms with E-state index in [9.17, 15) is 8.42 Å². The normalized spacial score (nSPS) is 31.6. The summed E-state index contributed by atoms with van der Waals surface area (Å²) in [6.07, 6.45) is 3.66. The molecule has 1 aliphatic heterocycles. The third-order valence-corrected chi connectivity index (χ3v) is 5.84. The van der Waals surface area contributed by atoms with E-state index < -0.39 is 10.0 Å². The number of hydrogen-bond acceptors (Lipinski definition) is 3. The molecular formula is C12H26N2O2S. The molecule has 102 valence electrons. The summed E-state index contributed by atoms with van der Waals surface area (Å²) in [6.45, 7) is 5.89. The number of nitrogens with zero attached hydrogens (tertiary/aromatic N) is 1. The Labute approximate surface area is 106 Å². The Kier molecular flexibility index (Phi) is 5.41. The minimum atomic E-state index is -3.07. The molecule has 3 atom stereocenters. The van der Waals surface area contributed by atoms with Crippen LogP contribution in [0.4, 0.5) is 0 Å². The van der Waals surface area contributed by atoms with Gasteiger partial charge < -0.3 is 5.32 Å². The fourth-order valence-corrected chi connectivity index (χ4v) is 4.47. The first-order valence-corrected chi connectivity index (χ1v) is 8.29. The molecule has 0 aliphatic carbocycles. The number of nitrogens with one attached hydrogen (secondary N) is 1. The number of rotatable bonds is 5. The predicted octanol–water partition coefficient (Wildman–Crippen LogP) is 1.58. The van der Waals surface area contributed by atoms with Gasteiger partial charge in [-0.15, -0.1) is 0 Å². The van der Waals surface area contributed by atoms with Crippen LogP contribution in [0.5, 0.6) is 0 Å². The van der Waals surface area contributed by atoms with Crippen LogP contribution in [-0.4, -0.2) is 43.6 Å². The molecule has 4 nitrogen and oxygen atoms in total. The van der Waals surface area contributed by atoms with Gasteiger partial charge in [-0.3, -0.25) is 0 Å². The maximum Gasteiger partial charge on any atom is 0.214 e. The van der Waals surface area contributed by atoms with Gasteiger partial charge in [0.05, 0.1) is 5.75 Å². The molecular weight excluding hydrogens is 236 g/mol. The largest absolute Gasteiger partial charge is 0.317 e. The zero-order chi connectivity index (χ0) is 13.1. The highest BCUT2D eigenvalue weighted by atomic mass is 32.2. The van der Waals surface area contributed by atoms with Crippen LogP contribution in [0.15, 0.2) is 0 Å². The highest BCUT2D eigenvalue weighted by molar-refractivity contribution is 7.89. The Morgan fingerprint density at radius 2 is 1.59 bits per heavy atom. The van der Waals surface area contributed by atoms with Gasteiger partial charge in [0.15, 0.2) is 0 Å². The Morgan fingerprint density at radius 1 is 1.12 bits per heavy atom. The molecule has 0 amide bonds. The highest BCUT2D eigenvalue weighted by Crippen LogP contribution is 2.30. The second-order valence-electron chi connectivity index (χ2n) is 4.81. The minimum Gasteiger partial charge on any atom is -0.317 e. The lowest BCUT2D eigenvalue weighted by Crippen LogP contribution is -2.55. The summed E-state index contributed by atoms with van der Waals surface area (Å²) in [4.78, 5) is 0. The highest BCUT2D eigenvalue weighted by Gasteiger charge is 2.39. The van der Waals surface area contributed by atoms with Crippen LogP contribution in [0.2, 0.25) is 0 Å². The molecule has 0 bridgehead atoms. The molecule has 0 saturated carbocycles. The molecule has 1 aliphatic rings. The SMILES string of the molecule is CC[C@@H]1C[C@@H](NC)C[C@H](CC)N1S(=O)(=O)CC. The Balaban J connectivity index is 2.98. The van der Waals surface area contributed by atoms with E-state index in [4.69, 9.17) is 0 Å². The van der Waals surface area contributed by atoms with Crippen LogP contribution in [0.3, 0.4) is 0 Å². The van der Waals surface area contributed by atoms with Gasteiger partial charge in [-0.25, -0.2) is 8.42 Å². The molecule has 0 unspecified atom stereocenters. The fraction of sp³-hybridized carbons (Fsp3) is 1.00. The van der Waals surface area contributed by atoms with Crippen molar-refractivity contribution in [3.05, 3.63) is 0 Å². The summed E-state index contributed by atoms with van der Waals surface area (Å²) >= 11 is 0. The predicted molar refractivity (Wildman–Crippen MR) is 71.5 cm³/mol. The third-order valence-electron chi connectivity index (χ3n) is 3.87. The Morgan fingerprint density at radius 3 is 1.88 bits per heavy atom. The lowest BCUT2D eigenvalue weighted by atomic mass is 9.91. The second kappa shape index (κ2) is 6.16. The van der Waals surface area contributed by atoms with Crippen LogP contribution in [0.25, 0.3) is 0 Å². The molecule has 1 rings (SSSR count). The van der Waals surface area contributed by atoms with Gasteiger partial charge in [0.25, 0.3) is 0 Å². The second-order valence-corrected chi connectivity index (χ2v) is 6.97. The van der Waals surface area contributed by atoms with Crippen LogP contribution < -0.4 is 5.32 Å². The molecule has 0 spiro atoms. The van der Waals surface area contributed by atoms with Gasteiger partial charge in [0, 0.05) is 18.1 Å². The molecule has 0 radical (unpaired) electrons. The van der Waals surface area contributed by atoms with Crippen molar-refractivity contribution in [2.75, 3.05) is 12.8 Å². The van der Waals surface area contributed by atoms with Gasteiger partial charge in [0.2, 0.25) is 10.0 Å². The summed E-state index contributed by atoms with van der Waals surface area (Å²) in [6, 6.07) is 0.778. The summed E-state index contributed by atoms with van der Waals surface area (Å²) < 4.78 is 26.2. The molecule has 1 heterocycles. The number of hydrogen-bond donors (Lipinski definition) is 1. The smallest absolute Gasteiger partial charge is 0.214 e. The summed E-state index contributed by atoms with van der Waals surface area (Å²) in [7, 11) is -1.10. The van der Waals surface area contributed by atoms with E-state index in [1.165, 1.54) is 0 Å². The third kappa shape index (κ3) is 3.20. The zero-order valence-corrected chi connectivity index (χ0v) is 12.3. The number of sulfonamides is 1. The van der Waals surface area contributed by atoms with E-state index in [2.05, 4.69) is 19.2 Å². The van der Waals surface area contributed by atoms with Crippen molar-refractivity contribution in [1.29, 1.82) is 0 Å². The van der Waals surface area contributed by atoms with E-state index in [1.807, 2.05) is 7.05 Å². The average Bonchev–Trinajstić information content (AvgIpc) is 2.36. The molecule has 17 heavy (non-hydrogen) atoms. The minimum absolute atomic E-state index is 0.163. The lowest BCUT2D eigenvalue weighted by molar-refractivity contribution is 0.145. The first kappa shape index (κ1) is 14.9. The Hall–Kier alpha value is -0.130. The van der Waals surface area contributed by atoms with Gasteiger partial charge in [0.1, 0.15) is 0 Å². The standard InChI is InChI=1S/C12H26N2O2S/c1-5-11-8-10(13-4)9-12(6-2)14(11)17(15,16)7-3/h10-13H,5-9H2,1-4H3/t10-,11-,12+. The first-order valence-electron chi connectivity index (χ1n) is 6.68. The Bertz CT molecular complexity index is 315. The monoisotopic (exact) mass is 262 g/mol. The van der Waals surface area contributed by atoms with Crippen LogP contribution >= 0.6 is 0 Å². The van der Waals surface area contributed by atoms with Crippen molar-refractivity contribution in [2.45, 2.75) is 64.6 Å². The fourth-order valence-electron chi connectivity index (χ4n) is 2.79. The molecule has 1 saturated heterocycles. The molecule has 0 aromatic heterocycles. The quantitative estimate of drug-likeness (QED) is 0.818. The van der Waals surface area contributed by atoms with Gasteiger partial charge in [-0.1, -0.05) is 13.8 Å². The molecule has 0 aromatic rings. The van der Waals surface area contributed by atoms with Crippen molar-refractivity contribution in [2.24, 2.45) is 0 Å². The van der Waals surface area contributed by atoms with Gasteiger partial charge in [-0.2, -0.15) is 4.31 Å². The van der Waals surface area contributed by atoms with Crippen molar-refractivity contribution < 1.29 is 8.42 Å². The summed E-state index contributed by atoms with van der Waals surface area (Å²) in [5.41, 5.74) is 0. The van der Waals surface area contributed by atoms with Gasteiger partial charge in [-0.05, 0) is 39.7 Å². The maximum absolute atomic E-state index is 12.2. The summed E-state index contributed by atoms with van der Waals surface area (Å²) in [5.74, 6) is 0.213. The van der Waals surface area contributed by atoms with Crippen LogP contribution in [0.1, 0.15) is 46.5 Å². The van der Waals surface area contributed by atoms with Crippen molar-refractivity contribution >= 4 is 10.0 Å². The van der Waals surface area contributed by atoms with E-state index in [0.29, 0.717) is 6.04 Å². The van der Waals surface area contributed by atoms with Crippen molar-refractivity contribution in [3.63, 3.8) is 0 Å². The van der Waals surface area contributed by atoms with Crippen molar-refractivity contribution in [1.82, 2.24) is 9.62 Å². The van der Waals surface area contributed by atoms with Crippen molar-refractivity contribution in [3.8, 4) is 0 Å². The first-order chi connectivity index (χ1) is 8.00. The number of piperidine rings is 1. The molecule has 1 N–H and O–H groups in total. The van der Waals surface area contributed by atoms with E-state index in [0.717, 1.165) is 25.7 Å². The molecule has 1 fully saturated rings. The zero-order valence-electron chi connectivity index (χ0n) is 11.4. The average molecular weight is 262 g/mol. The molecule has 0 aromatic carbocycles. The van der Waals surface area contributed by atoms with Crippen LogP contribution in [-0.2, 0) is 10.0 Å². The van der Waals surface area contributed by atoms with E-state index in [-0.39, 0.29) is 17.8 Å². The van der Waals surface area contributed by atoms with E-state index >= 15 is 0 Å². The topological polar surface area (TPSA) is 49.4 Å². The maximum atomic E-state index is 12.2. The lowest BCUT2D eigenvalue weighted by Gasteiger charge is -2.43. The van der Waals surface area contributed by atoms with Gasteiger partial charge >= 0.3 is 0 Å².